The highest BCUT2D eigenvalue weighted by Gasteiger charge is 2.36. The maximum Gasteiger partial charge on any atom is 0.257 e. The van der Waals surface area contributed by atoms with Crippen LogP contribution in [0.1, 0.15) is 56.5 Å². The Kier molecular flexibility index (Phi) is 7.57. The first-order valence-electron chi connectivity index (χ1n) is 11.1. The SMILES string of the molecule is C=CS(=O)(=O)N(c1ccc(C(C)(C)C)cc1)[C@@H](C(=O)N[C@@H](C)c1ccccc1)c1cccnc1. The van der Waals surface area contributed by atoms with Gasteiger partial charge in [-0.25, -0.2) is 12.7 Å². The summed E-state index contributed by atoms with van der Waals surface area (Å²) in [5.74, 6) is -0.463. The van der Waals surface area contributed by atoms with Crippen molar-refractivity contribution in [1.29, 1.82) is 0 Å². The summed E-state index contributed by atoms with van der Waals surface area (Å²) in [4.78, 5) is 17.8. The van der Waals surface area contributed by atoms with Crippen molar-refractivity contribution in [3.8, 4) is 0 Å². The lowest BCUT2D eigenvalue weighted by Crippen LogP contribution is -2.44. The molecule has 0 radical (unpaired) electrons. The third-order valence-corrected chi connectivity index (χ3v) is 7.01. The first-order valence-corrected chi connectivity index (χ1v) is 12.6. The van der Waals surface area contributed by atoms with Gasteiger partial charge in [0.15, 0.2) is 6.04 Å². The molecule has 0 saturated heterocycles. The number of hydrogen-bond acceptors (Lipinski definition) is 4. The van der Waals surface area contributed by atoms with E-state index in [0.29, 0.717) is 11.3 Å². The van der Waals surface area contributed by atoms with Crippen molar-refractivity contribution in [3.05, 3.63) is 108 Å². The molecule has 0 aliphatic heterocycles. The number of pyridine rings is 1. The van der Waals surface area contributed by atoms with Crippen LogP contribution in [0.3, 0.4) is 0 Å². The molecule has 2 aromatic carbocycles. The molecule has 1 N–H and O–H groups in total. The molecule has 0 unspecified atom stereocenters. The minimum atomic E-state index is -4.05. The van der Waals surface area contributed by atoms with Gasteiger partial charge in [-0.2, -0.15) is 0 Å². The summed E-state index contributed by atoms with van der Waals surface area (Å²) in [5.41, 5.74) is 2.67. The van der Waals surface area contributed by atoms with E-state index in [-0.39, 0.29) is 11.5 Å². The van der Waals surface area contributed by atoms with Gasteiger partial charge in [-0.1, -0.05) is 75.9 Å². The zero-order valence-corrected chi connectivity index (χ0v) is 20.8. The van der Waals surface area contributed by atoms with Crippen molar-refractivity contribution >= 4 is 21.6 Å². The Morgan fingerprint density at radius 3 is 2.15 bits per heavy atom. The topological polar surface area (TPSA) is 79.4 Å². The van der Waals surface area contributed by atoms with E-state index < -0.39 is 22.0 Å². The van der Waals surface area contributed by atoms with Crippen LogP contribution in [0.15, 0.2) is 91.1 Å². The standard InChI is InChI=1S/C27H31N3O3S/c1-6-34(32,33)30(24-16-14-23(15-17-24)27(3,4)5)25(22-13-10-18-28-19-22)26(31)29-20(2)21-11-8-7-9-12-21/h6-20,25H,1H2,2-5H3,(H,29,31)/t20-,25+/m0/s1. The molecule has 0 fully saturated rings. The molecular formula is C27H31N3O3S. The van der Waals surface area contributed by atoms with Crippen molar-refractivity contribution in [3.63, 3.8) is 0 Å². The fraction of sp³-hybridized carbons (Fsp3) is 0.259. The number of nitrogens with one attached hydrogen (secondary N) is 1. The molecule has 3 aromatic rings. The summed E-state index contributed by atoms with van der Waals surface area (Å²) in [7, 11) is -4.05. The molecule has 0 aliphatic rings. The van der Waals surface area contributed by atoms with E-state index in [0.717, 1.165) is 20.8 Å². The molecule has 2 atom stereocenters. The molecule has 1 heterocycles. The van der Waals surface area contributed by atoms with Gasteiger partial charge in [0.25, 0.3) is 10.0 Å². The molecule has 0 bridgehead atoms. The number of carbonyl (C=O) groups excluding carboxylic acids is 1. The average Bonchev–Trinajstić information content (AvgIpc) is 2.82. The second kappa shape index (κ2) is 10.2. The van der Waals surface area contributed by atoms with E-state index in [1.807, 2.05) is 49.4 Å². The van der Waals surface area contributed by atoms with Crippen LogP contribution >= 0.6 is 0 Å². The van der Waals surface area contributed by atoms with Gasteiger partial charge in [-0.05, 0) is 41.7 Å². The zero-order valence-electron chi connectivity index (χ0n) is 20.0. The Bertz CT molecular complexity index is 1220. The zero-order chi connectivity index (χ0) is 24.9. The van der Waals surface area contributed by atoms with Gasteiger partial charge in [0.05, 0.1) is 11.7 Å². The lowest BCUT2D eigenvalue weighted by molar-refractivity contribution is -0.123. The molecule has 6 nitrogen and oxygen atoms in total. The number of hydrogen-bond donors (Lipinski definition) is 1. The van der Waals surface area contributed by atoms with Crippen LogP contribution in [0.2, 0.25) is 0 Å². The normalized spacial score (nSPS) is 13.5. The number of nitrogens with zero attached hydrogens (tertiary/aromatic N) is 2. The lowest BCUT2D eigenvalue weighted by atomic mass is 9.87. The molecule has 0 aliphatic carbocycles. The van der Waals surface area contributed by atoms with E-state index in [9.17, 15) is 13.2 Å². The third-order valence-electron chi connectivity index (χ3n) is 5.61. The predicted molar refractivity (Wildman–Crippen MR) is 137 cm³/mol. The second-order valence-corrected chi connectivity index (χ2v) is 10.9. The summed E-state index contributed by atoms with van der Waals surface area (Å²) >= 11 is 0. The third kappa shape index (κ3) is 5.72. The highest BCUT2D eigenvalue weighted by Crippen LogP contribution is 2.33. The summed E-state index contributed by atoms with van der Waals surface area (Å²) < 4.78 is 27.6. The number of carbonyl (C=O) groups is 1. The number of amides is 1. The van der Waals surface area contributed by atoms with Crippen molar-refractivity contribution in [2.45, 2.75) is 45.2 Å². The largest absolute Gasteiger partial charge is 0.347 e. The van der Waals surface area contributed by atoms with Crippen LogP contribution in [0, 0.1) is 0 Å². The number of benzene rings is 2. The maximum absolute atomic E-state index is 13.7. The number of rotatable bonds is 8. The fourth-order valence-electron chi connectivity index (χ4n) is 3.68. The molecule has 1 amide bonds. The average molecular weight is 478 g/mol. The van der Waals surface area contributed by atoms with Gasteiger partial charge in [0.1, 0.15) is 0 Å². The second-order valence-electron chi connectivity index (χ2n) is 9.13. The van der Waals surface area contributed by atoms with Crippen LogP contribution in [0.4, 0.5) is 5.69 Å². The van der Waals surface area contributed by atoms with Crippen molar-refractivity contribution < 1.29 is 13.2 Å². The molecule has 34 heavy (non-hydrogen) atoms. The molecule has 3 rings (SSSR count). The number of anilines is 1. The van der Waals surface area contributed by atoms with Crippen molar-refractivity contribution in [2.24, 2.45) is 0 Å². The molecule has 178 valence electrons. The van der Waals surface area contributed by atoms with Gasteiger partial charge in [0, 0.05) is 23.4 Å². The highest BCUT2D eigenvalue weighted by molar-refractivity contribution is 7.95. The van der Waals surface area contributed by atoms with Gasteiger partial charge < -0.3 is 5.32 Å². The van der Waals surface area contributed by atoms with E-state index in [2.05, 4.69) is 37.7 Å². The number of aromatic nitrogens is 1. The maximum atomic E-state index is 13.7. The van der Waals surface area contributed by atoms with E-state index in [4.69, 9.17) is 0 Å². The summed E-state index contributed by atoms with van der Waals surface area (Å²) in [5, 5.41) is 3.83. The van der Waals surface area contributed by atoms with Crippen LogP contribution in [0.5, 0.6) is 0 Å². The number of sulfonamides is 1. The van der Waals surface area contributed by atoms with Crippen LogP contribution in [-0.4, -0.2) is 19.3 Å². The fourth-order valence-corrected chi connectivity index (χ4v) is 4.77. The monoisotopic (exact) mass is 477 g/mol. The van der Waals surface area contributed by atoms with Gasteiger partial charge in [0.2, 0.25) is 5.91 Å². The van der Waals surface area contributed by atoms with Crippen LogP contribution in [-0.2, 0) is 20.2 Å². The Labute approximate surface area is 202 Å². The van der Waals surface area contributed by atoms with Crippen LogP contribution < -0.4 is 9.62 Å². The van der Waals surface area contributed by atoms with Crippen molar-refractivity contribution in [2.75, 3.05) is 4.31 Å². The van der Waals surface area contributed by atoms with E-state index >= 15 is 0 Å². The predicted octanol–water partition coefficient (Wildman–Crippen LogP) is 5.28. The molecule has 0 spiro atoms. The first-order chi connectivity index (χ1) is 16.0. The highest BCUT2D eigenvalue weighted by atomic mass is 32.2. The Hall–Kier alpha value is -3.45. The van der Waals surface area contributed by atoms with Crippen LogP contribution in [0.25, 0.3) is 0 Å². The Balaban J connectivity index is 2.10. The van der Waals surface area contributed by atoms with Gasteiger partial charge >= 0.3 is 0 Å². The first kappa shape index (κ1) is 25.2. The van der Waals surface area contributed by atoms with E-state index in [1.165, 1.54) is 6.20 Å². The van der Waals surface area contributed by atoms with Crippen molar-refractivity contribution in [1.82, 2.24) is 10.3 Å². The smallest absolute Gasteiger partial charge is 0.257 e. The van der Waals surface area contributed by atoms with Gasteiger partial charge in [-0.15, -0.1) is 0 Å². The Morgan fingerprint density at radius 2 is 1.62 bits per heavy atom. The van der Waals surface area contributed by atoms with Gasteiger partial charge in [-0.3, -0.25) is 9.78 Å². The van der Waals surface area contributed by atoms with E-state index in [1.54, 1.807) is 30.5 Å². The minimum absolute atomic E-state index is 0.105. The lowest BCUT2D eigenvalue weighted by Gasteiger charge is -2.32. The quantitative estimate of drug-likeness (QED) is 0.479. The molecular weight excluding hydrogens is 446 g/mol. The molecule has 0 saturated carbocycles. The molecule has 7 heteroatoms. The molecule has 1 aromatic heterocycles. The summed E-state index contributed by atoms with van der Waals surface area (Å²) in [6.07, 6.45) is 3.09. The summed E-state index contributed by atoms with van der Waals surface area (Å²) in [6, 6.07) is 18.6. The minimum Gasteiger partial charge on any atom is -0.347 e. The summed E-state index contributed by atoms with van der Waals surface area (Å²) in [6.45, 7) is 11.6. The Morgan fingerprint density at radius 1 is 1.00 bits per heavy atom.